The first kappa shape index (κ1) is 102. The van der Waals surface area contributed by atoms with Crippen molar-refractivity contribution in [1.82, 2.24) is 97.6 Å². The summed E-state index contributed by atoms with van der Waals surface area (Å²) < 4.78 is 0. The molecule has 131 heavy (non-hydrogen) atoms. The third kappa shape index (κ3) is 28.5. The number of aliphatic carboxylic acids is 2. The van der Waals surface area contributed by atoms with Crippen LogP contribution in [-0.2, 0) is 107 Å². The summed E-state index contributed by atoms with van der Waals surface area (Å²) >= 11 is 0.801. The zero-order valence-electron chi connectivity index (χ0n) is 74.3. The molecule has 3 saturated heterocycles. The molecule has 0 radical (unpaired) electrons. The average Bonchev–Trinajstić information content (AvgIpc) is 1.36. The van der Waals surface area contributed by atoms with Crippen molar-refractivity contribution < 1.29 is 102 Å². The van der Waals surface area contributed by atoms with Crippen LogP contribution in [-0.4, -0.2) is 321 Å². The molecule has 43 heteroatoms. The van der Waals surface area contributed by atoms with Gasteiger partial charge in [-0.25, -0.2) is 4.98 Å². The van der Waals surface area contributed by atoms with E-state index >= 15 is 28.8 Å². The summed E-state index contributed by atoms with van der Waals surface area (Å²) in [7, 11) is 4.45. The minimum atomic E-state index is -1.92. The van der Waals surface area contributed by atoms with E-state index in [1.54, 1.807) is 61.7 Å². The van der Waals surface area contributed by atoms with Gasteiger partial charge in [0.15, 0.2) is 0 Å². The number of carboxylic acids is 2. The Labute approximate surface area is 760 Å². The zero-order valence-corrected chi connectivity index (χ0v) is 75.2. The first-order valence-corrected chi connectivity index (χ1v) is 45.0. The van der Waals surface area contributed by atoms with Crippen molar-refractivity contribution in [3.63, 3.8) is 0 Å². The van der Waals surface area contributed by atoms with Gasteiger partial charge in [-0.15, -0.1) is 11.8 Å². The van der Waals surface area contributed by atoms with Crippen LogP contribution >= 0.6 is 11.8 Å². The molecule has 9 rings (SSSR count). The molecule has 0 unspecified atom stereocenters. The zero-order chi connectivity index (χ0) is 95.4. The molecule has 15 atom stereocenters. The number of carbonyl (C=O) groups is 17. The van der Waals surface area contributed by atoms with Crippen molar-refractivity contribution in [2.24, 2.45) is 11.5 Å². The highest BCUT2D eigenvalue weighted by Gasteiger charge is 2.46. The number of aliphatic hydroxyl groups is 1. The van der Waals surface area contributed by atoms with Crippen LogP contribution < -0.4 is 64.6 Å². The maximum atomic E-state index is 15.7. The molecular weight excluding hydrogens is 1720 g/mol. The van der Waals surface area contributed by atoms with Crippen LogP contribution in [0.3, 0.4) is 0 Å². The Hall–Kier alpha value is -13.0. The summed E-state index contributed by atoms with van der Waals surface area (Å²) in [5.74, 6) is -17.9. The molecule has 42 nitrogen and oxygen atoms in total. The fourth-order valence-electron chi connectivity index (χ4n) is 16.3. The molecule has 3 aliphatic rings. The Balaban J connectivity index is 1.08. The van der Waals surface area contributed by atoms with E-state index in [0.29, 0.717) is 65.2 Å². The SMILES string of the molecule is CCCC[C@H]1CN(C)[C@@H](CCCC)C(=O)N[C@@H](C)C(=O)N[C@H](C(=O)NCC(N)=O)CSCC(=O)N[C@@H](Cc2ccc(O)cc2)C(=O)N(C)[C@@H](C)C(=O)N[C@@H](CC(=O)O)C(=O)N2CCC[C@H]2C(=O)N[C@@H](Cc2cnc[nH]2)C(=O)N[C@@H](CCC(=O)O)C(=O)N2C[C@H](O)C[C@H]2C(=O)N[C@@H](Cc2c[nH]c3ccccc23)C(=O)N[C@@H](CCN)C(=O)N[C@@H](Cc2c[nH]c3ccccc23)C(=O)N1C. The summed E-state index contributed by atoms with van der Waals surface area (Å²) in [6.45, 7) is 4.90. The number of hydrogen-bond acceptors (Lipinski definition) is 23. The Bertz CT molecular complexity index is 5050. The van der Waals surface area contributed by atoms with Gasteiger partial charge < -0.3 is 120 Å². The number of imidazole rings is 1. The number of aromatic amines is 3. The van der Waals surface area contributed by atoms with Gasteiger partial charge in [0.05, 0.1) is 37.2 Å². The van der Waals surface area contributed by atoms with E-state index in [9.17, 15) is 73.2 Å². The lowest BCUT2D eigenvalue weighted by Gasteiger charge is -2.37. The largest absolute Gasteiger partial charge is 0.508 e. The van der Waals surface area contributed by atoms with Gasteiger partial charge >= 0.3 is 11.9 Å². The maximum Gasteiger partial charge on any atom is 0.305 e. The molecule has 710 valence electrons. The molecule has 6 aromatic rings. The fourth-order valence-corrected chi connectivity index (χ4v) is 17.1. The molecule has 3 aromatic heterocycles. The maximum absolute atomic E-state index is 15.7. The molecule has 0 aliphatic carbocycles. The lowest BCUT2D eigenvalue weighted by Crippen LogP contribution is -2.61. The summed E-state index contributed by atoms with van der Waals surface area (Å²) in [5.41, 5.74) is 14.8. The average molecular weight is 1840 g/mol. The van der Waals surface area contributed by atoms with Crippen molar-refractivity contribution in [3.05, 3.63) is 120 Å². The highest BCUT2D eigenvalue weighted by Crippen LogP contribution is 2.28. The number of amides is 15. The number of carboxylic acid groups (broad SMARTS) is 2. The molecule has 0 bridgehead atoms. The van der Waals surface area contributed by atoms with E-state index in [0.717, 1.165) is 31.8 Å². The number of unbranched alkanes of at least 4 members (excludes halogenated alkanes) is 2. The first-order valence-electron chi connectivity index (χ1n) is 43.8. The van der Waals surface area contributed by atoms with E-state index in [1.807, 2.05) is 32.0 Å². The van der Waals surface area contributed by atoms with Crippen LogP contribution in [0.5, 0.6) is 5.75 Å². The van der Waals surface area contributed by atoms with Crippen molar-refractivity contribution in [2.75, 3.05) is 65.4 Å². The lowest BCUT2D eigenvalue weighted by molar-refractivity contribution is -0.147. The number of aromatic nitrogens is 4. The van der Waals surface area contributed by atoms with Crippen LogP contribution in [0.2, 0.25) is 0 Å². The van der Waals surface area contributed by atoms with Crippen LogP contribution in [0.1, 0.15) is 134 Å². The van der Waals surface area contributed by atoms with E-state index in [4.69, 9.17) is 11.5 Å². The lowest BCUT2D eigenvalue weighted by atomic mass is 10.00. The molecule has 15 amide bonds. The van der Waals surface area contributed by atoms with Crippen molar-refractivity contribution in [3.8, 4) is 5.75 Å². The van der Waals surface area contributed by atoms with Gasteiger partial charge in [0.2, 0.25) is 88.6 Å². The minimum Gasteiger partial charge on any atom is -0.508 e. The number of primary amides is 1. The van der Waals surface area contributed by atoms with E-state index in [2.05, 4.69) is 73.1 Å². The number of hydrogen-bond donors (Lipinski definition) is 19. The number of fused-ring (bicyclic) bond motifs is 4. The Morgan fingerprint density at radius 3 is 1.73 bits per heavy atom. The van der Waals surface area contributed by atoms with Crippen molar-refractivity contribution >= 4 is 134 Å². The van der Waals surface area contributed by atoms with Gasteiger partial charge in [0.25, 0.3) is 0 Å². The number of nitrogens with two attached hydrogens (primary N) is 2. The summed E-state index contributed by atoms with van der Waals surface area (Å²) in [6.07, 6.45) is 3.29. The third-order valence-corrected chi connectivity index (χ3v) is 24.7. The summed E-state index contributed by atoms with van der Waals surface area (Å²) in [6, 6.07) is -0.735. The molecular formula is C88H121N21O21S. The monoisotopic (exact) mass is 1840 g/mol. The number of nitrogens with zero attached hydrogens (tertiary/aromatic N) is 6. The molecule has 21 N–H and O–H groups in total. The molecule has 3 aromatic carbocycles. The summed E-state index contributed by atoms with van der Waals surface area (Å²) in [5, 5.41) is 69.7. The van der Waals surface area contributed by atoms with Gasteiger partial charge in [0, 0.05) is 130 Å². The van der Waals surface area contributed by atoms with E-state index < -0.39 is 242 Å². The first-order chi connectivity index (χ1) is 62.5. The molecule has 6 heterocycles. The summed E-state index contributed by atoms with van der Waals surface area (Å²) in [4.78, 5) is 264. The normalized spacial score (nSPS) is 25.3. The Morgan fingerprint density at radius 2 is 1.12 bits per heavy atom. The van der Waals surface area contributed by atoms with E-state index in [-0.39, 0.29) is 81.8 Å². The Kier molecular flexibility index (Phi) is 37.7. The second-order valence-corrected chi connectivity index (χ2v) is 34.4. The number of aliphatic hydroxyl groups excluding tert-OH is 1. The van der Waals surface area contributed by atoms with Gasteiger partial charge in [-0.3, -0.25) is 86.4 Å². The predicted molar refractivity (Wildman–Crippen MR) is 479 cm³/mol. The highest BCUT2D eigenvalue weighted by molar-refractivity contribution is 8.00. The Morgan fingerprint density at radius 1 is 0.557 bits per heavy atom. The number of likely N-dealkylation sites (N-methyl/N-ethyl adjacent to an activating group) is 3. The number of nitrogens with one attached hydrogen (secondary N) is 13. The van der Waals surface area contributed by atoms with Crippen molar-refractivity contribution in [1.29, 1.82) is 0 Å². The van der Waals surface area contributed by atoms with Gasteiger partial charge in [-0.2, -0.15) is 0 Å². The fraction of sp³-hybridized carbons (Fsp3) is 0.523. The topological polar surface area (TPSA) is 620 Å². The number of para-hydroxylation sites is 2. The second-order valence-electron chi connectivity index (χ2n) is 33.4. The number of aromatic hydroxyl groups is 1. The van der Waals surface area contributed by atoms with E-state index in [1.165, 1.54) is 62.6 Å². The second kappa shape index (κ2) is 48.6. The highest BCUT2D eigenvalue weighted by atomic mass is 32.2. The quantitative estimate of drug-likeness (QED) is 0.0314. The number of phenolic OH excluding ortho intramolecular Hbond substituents is 1. The van der Waals surface area contributed by atoms with Gasteiger partial charge in [-0.1, -0.05) is 88.1 Å². The van der Waals surface area contributed by atoms with Gasteiger partial charge in [0.1, 0.15) is 78.3 Å². The predicted octanol–water partition coefficient (Wildman–Crippen LogP) is -1.92. The molecule has 0 saturated carbocycles. The third-order valence-electron chi connectivity index (χ3n) is 23.7. The minimum absolute atomic E-state index is 0.0562. The van der Waals surface area contributed by atoms with Crippen molar-refractivity contribution in [2.45, 2.75) is 228 Å². The number of carbonyl (C=O) groups excluding carboxylic acids is 15. The molecule has 0 spiro atoms. The van der Waals surface area contributed by atoms with Crippen LogP contribution in [0, 0.1) is 0 Å². The molecule has 3 aliphatic heterocycles. The number of phenols is 1. The molecule has 3 fully saturated rings. The number of rotatable bonds is 24. The standard InChI is InChI=1S/C88H121N21O21S/c1-8-10-17-54-43-105(5)69(22-11-9-2)82(124)96-48(3)76(118)104-68(78(120)94-42-72(90)112)45-131-46-73(113)97-65(33-50-24-26-55(110)27-25-50)85(127)106(6)49(4)77(119)102-67(38-75(116)117)88(130)108-32-16-23-70(108)83(125)101-64(36-53-41-91-47-95-53)81(123)99-62(28-29-74(114)115)87(129)109-44-56(111)37-71(109)84(126)100-63(34-51-39-92-59-20-14-12-18-57(51)59)80(122)98-61(30-31-89)79(121)103-66(86(128)107(54)7)35-52-40-93-60-21-15-13-19-58(52)60/h12-15,18-21,24-27,39-41,47-49,54,56,61-71,92-93,110-111H,8-11,16-17,22-23,28-38,42-46,89H2,1-7H3,(H2,90,112)(H,91,95)(H,94,120)(H,96,124)(H,97,113)(H,98,122)(H,99,123)(H,100,126)(H,101,125)(H,102,119)(H,103,121)(H,104,118)(H,114,115)(H,116,117)/t48-,49-,54-,56+,61-,62-,63-,64-,65-,66-,67-,68-,69-,70-,71-/m0/s1. The van der Waals surface area contributed by atoms with Gasteiger partial charge in [-0.05, 0) is 107 Å². The van der Waals surface area contributed by atoms with Crippen LogP contribution in [0.15, 0.2) is 97.7 Å². The smallest absolute Gasteiger partial charge is 0.305 e. The number of thioether (sulfide) groups is 1. The number of benzene rings is 3. The van der Waals surface area contributed by atoms with Crippen LogP contribution in [0.25, 0.3) is 21.8 Å². The number of H-pyrrole nitrogens is 3. The van der Waals surface area contributed by atoms with Crippen LogP contribution in [0.4, 0.5) is 0 Å².